The number of nitriles is 1. The first kappa shape index (κ1) is 15.7. The number of hydrogen-bond acceptors (Lipinski definition) is 2. The van der Waals surface area contributed by atoms with E-state index in [4.69, 9.17) is 10.4 Å². The first-order chi connectivity index (χ1) is 6.83. The van der Waals surface area contributed by atoms with Crippen LogP contribution in [0.25, 0.3) is 0 Å². The van der Waals surface area contributed by atoms with E-state index in [1.54, 1.807) is 0 Å². The van der Waals surface area contributed by atoms with E-state index in [9.17, 15) is 0 Å². The topological polar surface area (TPSA) is 44.0 Å². The van der Waals surface area contributed by atoms with Crippen LogP contribution in [0, 0.1) is 11.5 Å². The Morgan fingerprint density at radius 3 is 1.21 bits per heavy atom. The highest BCUT2D eigenvalue weighted by Gasteiger charge is 1.88. The molecule has 0 rings (SSSR count). The molecule has 1 N–H and O–H groups in total. The van der Waals surface area contributed by atoms with Crippen molar-refractivity contribution in [2.24, 2.45) is 0 Å². The molecule has 2 nitrogen and oxygen atoms in total. The molecule has 14 heavy (non-hydrogen) atoms. The number of rotatable bonds is 8. The van der Waals surface area contributed by atoms with Crippen molar-refractivity contribution in [3.63, 3.8) is 0 Å². The van der Waals surface area contributed by atoms with Crippen molar-refractivity contribution in [3.8, 4) is 6.26 Å². The second kappa shape index (κ2) is 18.2. The number of hydrogen-bond donors (Lipinski definition) is 1. The molecule has 0 heterocycles. The number of unbranched alkanes of at least 4 members (excludes halogenated alkanes) is 8. The van der Waals surface area contributed by atoms with Gasteiger partial charge in [-0.05, 0) is 0 Å². The van der Waals surface area contributed by atoms with Gasteiger partial charge in [0.05, 0.1) is 0 Å². The zero-order valence-electron chi connectivity index (χ0n) is 9.76. The zero-order valence-corrected chi connectivity index (χ0v) is 9.76. The fraction of sp³-hybridized carbons (Fsp3) is 0.917. The van der Waals surface area contributed by atoms with E-state index in [0.29, 0.717) is 0 Å². The van der Waals surface area contributed by atoms with Crippen LogP contribution >= 0.6 is 0 Å². The molecule has 0 aromatic rings. The van der Waals surface area contributed by atoms with E-state index in [1.165, 1.54) is 57.8 Å². The Bertz CT molecular complexity index is 110. The summed E-state index contributed by atoms with van der Waals surface area (Å²) < 4.78 is 0. The minimum atomic E-state index is 0.750. The van der Waals surface area contributed by atoms with Crippen LogP contribution in [-0.2, 0) is 0 Å². The first-order valence-electron chi connectivity index (χ1n) is 5.86. The van der Waals surface area contributed by atoms with Gasteiger partial charge in [0.1, 0.15) is 0 Å². The molecule has 0 aliphatic rings. The van der Waals surface area contributed by atoms with Gasteiger partial charge in [-0.25, -0.2) is 0 Å². The monoisotopic (exact) mass is 199 g/mol. The standard InChI is InChI=1S/C11H24.CHNO/c1-3-5-7-9-11-10-8-6-4-2;2-1-3/h3-11H2,1-2H3;3H. The summed E-state index contributed by atoms with van der Waals surface area (Å²) in [6.45, 7) is 4.55. The van der Waals surface area contributed by atoms with Gasteiger partial charge in [0, 0.05) is 0 Å². The SMILES string of the molecule is CCCCCCCCCCC.N#CO. The van der Waals surface area contributed by atoms with Crippen molar-refractivity contribution in [1.29, 1.82) is 5.26 Å². The van der Waals surface area contributed by atoms with E-state index >= 15 is 0 Å². The lowest BCUT2D eigenvalue weighted by Gasteiger charge is -1.98. The van der Waals surface area contributed by atoms with Crippen molar-refractivity contribution in [3.05, 3.63) is 0 Å². The average Bonchev–Trinajstić information content (AvgIpc) is 2.18. The van der Waals surface area contributed by atoms with Gasteiger partial charge in [-0.3, -0.25) is 0 Å². The summed E-state index contributed by atoms with van der Waals surface area (Å²) in [5.41, 5.74) is 0. The summed E-state index contributed by atoms with van der Waals surface area (Å²) in [6, 6.07) is 0. The van der Waals surface area contributed by atoms with Gasteiger partial charge in [0.25, 0.3) is 6.26 Å². The minimum absolute atomic E-state index is 0.750. The third-order valence-electron chi connectivity index (χ3n) is 2.21. The summed E-state index contributed by atoms with van der Waals surface area (Å²) >= 11 is 0. The van der Waals surface area contributed by atoms with Crippen molar-refractivity contribution in [2.75, 3.05) is 0 Å². The van der Waals surface area contributed by atoms with Crippen LogP contribution in [0.3, 0.4) is 0 Å². The van der Waals surface area contributed by atoms with Gasteiger partial charge in [-0.1, -0.05) is 71.6 Å². The second-order valence-corrected chi connectivity index (χ2v) is 3.57. The highest BCUT2D eigenvalue weighted by Crippen LogP contribution is 2.08. The Morgan fingerprint density at radius 1 is 0.786 bits per heavy atom. The predicted molar refractivity (Wildman–Crippen MR) is 60.4 cm³/mol. The van der Waals surface area contributed by atoms with E-state index in [0.717, 1.165) is 6.26 Å². The average molecular weight is 199 g/mol. The highest BCUT2D eigenvalue weighted by molar-refractivity contribution is 4.44. The van der Waals surface area contributed by atoms with Gasteiger partial charge in [0.15, 0.2) is 0 Å². The van der Waals surface area contributed by atoms with E-state index in [1.807, 2.05) is 0 Å². The van der Waals surface area contributed by atoms with Gasteiger partial charge in [0.2, 0.25) is 0 Å². The molecule has 2 heteroatoms. The molecule has 0 saturated heterocycles. The maximum absolute atomic E-state index is 6.88. The van der Waals surface area contributed by atoms with E-state index < -0.39 is 0 Å². The Kier molecular flexibility index (Phi) is 20.4. The fourth-order valence-electron chi connectivity index (χ4n) is 1.38. The molecule has 0 saturated carbocycles. The third kappa shape index (κ3) is 22.5. The van der Waals surface area contributed by atoms with E-state index in [-0.39, 0.29) is 0 Å². The number of aliphatic hydroxyl groups is 1. The highest BCUT2D eigenvalue weighted by atomic mass is 16.2. The Balaban J connectivity index is 0. The Hall–Kier alpha value is -0.710. The van der Waals surface area contributed by atoms with Crippen molar-refractivity contribution < 1.29 is 5.11 Å². The van der Waals surface area contributed by atoms with Crippen LogP contribution in [0.1, 0.15) is 71.6 Å². The van der Waals surface area contributed by atoms with Gasteiger partial charge < -0.3 is 5.11 Å². The molecule has 0 fully saturated rings. The minimum Gasteiger partial charge on any atom is -0.443 e. The van der Waals surface area contributed by atoms with Crippen LogP contribution < -0.4 is 0 Å². The largest absolute Gasteiger partial charge is 0.443 e. The van der Waals surface area contributed by atoms with Gasteiger partial charge in [-0.2, -0.15) is 5.26 Å². The summed E-state index contributed by atoms with van der Waals surface area (Å²) in [5.74, 6) is 0. The lowest BCUT2D eigenvalue weighted by Crippen LogP contribution is -1.79. The van der Waals surface area contributed by atoms with E-state index in [2.05, 4.69) is 13.8 Å². The molecule has 0 aromatic heterocycles. The second-order valence-electron chi connectivity index (χ2n) is 3.57. The third-order valence-corrected chi connectivity index (χ3v) is 2.21. The molecule has 0 radical (unpaired) electrons. The van der Waals surface area contributed by atoms with Crippen LogP contribution in [0.2, 0.25) is 0 Å². The molecule has 0 aromatic carbocycles. The van der Waals surface area contributed by atoms with Crippen molar-refractivity contribution >= 4 is 0 Å². The maximum Gasteiger partial charge on any atom is 0.283 e. The molecule has 0 amide bonds. The van der Waals surface area contributed by atoms with Gasteiger partial charge in [-0.15, -0.1) is 0 Å². The lowest BCUT2D eigenvalue weighted by molar-refractivity contribution is 0.503. The Labute approximate surface area is 88.9 Å². The normalized spacial score (nSPS) is 8.64. The fourth-order valence-corrected chi connectivity index (χ4v) is 1.38. The van der Waals surface area contributed by atoms with Crippen LogP contribution in [0.5, 0.6) is 0 Å². The molecule has 0 unspecified atom stereocenters. The smallest absolute Gasteiger partial charge is 0.283 e. The number of aliphatic hydroxyl groups excluding tert-OH is 1. The van der Waals surface area contributed by atoms with Crippen LogP contribution in [-0.4, -0.2) is 5.11 Å². The maximum atomic E-state index is 6.88. The summed E-state index contributed by atoms with van der Waals surface area (Å²) in [6.07, 6.45) is 13.7. The molecule has 0 aliphatic carbocycles. The zero-order chi connectivity index (χ0) is 11.1. The van der Waals surface area contributed by atoms with Gasteiger partial charge >= 0.3 is 0 Å². The Morgan fingerprint density at radius 2 is 1.00 bits per heavy atom. The summed E-state index contributed by atoms with van der Waals surface area (Å²) in [4.78, 5) is 0. The molecule has 84 valence electrons. The molecular formula is C12H25NO. The van der Waals surface area contributed by atoms with Crippen molar-refractivity contribution in [2.45, 2.75) is 71.6 Å². The molecule has 0 spiro atoms. The summed E-state index contributed by atoms with van der Waals surface area (Å²) in [7, 11) is 0. The molecule has 0 aliphatic heterocycles. The van der Waals surface area contributed by atoms with Crippen LogP contribution in [0.15, 0.2) is 0 Å². The molecular weight excluding hydrogens is 174 g/mol. The number of nitrogens with zero attached hydrogens (tertiary/aromatic N) is 1. The lowest BCUT2D eigenvalue weighted by atomic mass is 10.1. The molecule has 0 bridgehead atoms. The summed E-state index contributed by atoms with van der Waals surface area (Å²) in [5, 5.41) is 13.8. The molecule has 0 atom stereocenters. The van der Waals surface area contributed by atoms with Crippen molar-refractivity contribution in [1.82, 2.24) is 0 Å². The van der Waals surface area contributed by atoms with Crippen LogP contribution in [0.4, 0.5) is 0 Å². The quantitative estimate of drug-likeness (QED) is 0.466. The first-order valence-corrected chi connectivity index (χ1v) is 5.86. The predicted octanol–water partition coefficient (Wildman–Crippen LogP) is 4.38.